The molecule has 19 heavy (non-hydrogen) atoms. The normalized spacial score (nSPS) is 11.9. The molecule has 0 aliphatic heterocycles. The highest BCUT2D eigenvalue weighted by molar-refractivity contribution is 8.13. The first kappa shape index (κ1) is 14.4. The van der Waals surface area contributed by atoms with Crippen LogP contribution in [0.25, 0.3) is 10.7 Å². The molecule has 0 N–H and O–H groups in total. The van der Waals surface area contributed by atoms with E-state index in [1.807, 2.05) is 6.92 Å². The molecule has 0 amide bonds. The van der Waals surface area contributed by atoms with Gasteiger partial charge in [0.25, 0.3) is 14.2 Å². The molecular weight excluding hydrogens is 310 g/mol. The van der Waals surface area contributed by atoms with Gasteiger partial charge < -0.3 is 0 Å². The summed E-state index contributed by atoms with van der Waals surface area (Å²) in [5.74, 6) is 0.445. The van der Waals surface area contributed by atoms with Crippen molar-refractivity contribution in [3.63, 3.8) is 0 Å². The van der Waals surface area contributed by atoms with Crippen molar-refractivity contribution in [2.24, 2.45) is 0 Å². The van der Waals surface area contributed by atoms with Gasteiger partial charge in [0.05, 0.1) is 5.69 Å². The zero-order chi connectivity index (χ0) is 14.0. The van der Waals surface area contributed by atoms with Crippen LogP contribution in [0, 0.1) is 0 Å². The molecule has 0 saturated heterocycles. The van der Waals surface area contributed by atoms with E-state index in [0.29, 0.717) is 12.4 Å². The van der Waals surface area contributed by atoms with Gasteiger partial charge in [0.1, 0.15) is 4.88 Å². The Morgan fingerprint density at radius 2 is 2.00 bits per heavy atom. The third kappa shape index (κ3) is 2.77. The van der Waals surface area contributed by atoms with E-state index in [0.717, 1.165) is 23.4 Å². The minimum absolute atomic E-state index is 0.248. The van der Waals surface area contributed by atoms with Gasteiger partial charge in [0, 0.05) is 17.2 Å². The molecule has 0 unspecified atom stereocenters. The molecule has 0 aliphatic carbocycles. The number of hydrogen-bond donors (Lipinski definition) is 0. The Hall–Kier alpha value is -1.06. The van der Waals surface area contributed by atoms with Gasteiger partial charge in [-0.05, 0) is 24.9 Å². The van der Waals surface area contributed by atoms with Crippen molar-refractivity contribution >= 4 is 31.3 Å². The summed E-state index contributed by atoms with van der Waals surface area (Å²) in [6, 6.07) is 0. The highest BCUT2D eigenvalue weighted by atomic mass is 35.7. The van der Waals surface area contributed by atoms with E-state index in [-0.39, 0.29) is 5.16 Å². The van der Waals surface area contributed by atoms with Crippen molar-refractivity contribution in [3.05, 3.63) is 5.69 Å². The van der Waals surface area contributed by atoms with Gasteiger partial charge >= 0.3 is 0 Å². The molecule has 2 heterocycles. The molecule has 0 atom stereocenters. The second kappa shape index (κ2) is 5.51. The molecule has 0 saturated carbocycles. The summed E-state index contributed by atoms with van der Waals surface area (Å²) in [4.78, 5) is 0.739. The third-order valence-corrected chi connectivity index (χ3v) is 4.41. The largest absolute Gasteiger partial charge is 0.296 e. The molecule has 2 aromatic rings. The summed E-state index contributed by atoms with van der Waals surface area (Å²) in [5, 5.41) is 11.4. The van der Waals surface area contributed by atoms with Crippen molar-refractivity contribution in [3.8, 4) is 10.7 Å². The summed E-state index contributed by atoms with van der Waals surface area (Å²) in [5.41, 5.74) is 0.799. The van der Waals surface area contributed by atoms with Gasteiger partial charge in [-0.25, -0.2) is 8.42 Å². The van der Waals surface area contributed by atoms with E-state index in [2.05, 4.69) is 19.8 Å². The Bertz CT molecular complexity index is 679. The summed E-state index contributed by atoms with van der Waals surface area (Å²) in [6.45, 7) is 4.22. The standard InChI is InChI=1S/C9H12ClN5O2S2/c1-3-5-6-7(18-14-11-6)8-12-13-9(15(8)4-2)19(10,16)17/h3-5H2,1-2H3. The number of nitrogens with zero attached hydrogens (tertiary/aromatic N) is 5. The van der Waals surface area contributed by atoms with E-state index < -0.39 is 9.05 Å². The lowest BCUT2D eigenvalue weighted by Crippen LogP contribution is -2.06. The highest BCUT2D eigenvalue weighted by Gasteiger charge is 2.25. The summed E-state index contributed by atoms with van der Waals surface area (Å²) in [6.07, 6.45) is 1.67. The molecule has 0 fully saturated rings. The van der Waals surface area contributed by atoms with E-state index >= 15 is 0 Å². The maximum Gasteiger partial charge on any atom is 0.296 e. The van der Waals surface area contributed by atoms with E-state index in [9.17, 15) is 8.42 Å². The summed E-state index contributed by atoms with van der Waals surface area (Å²) < 4.78 is 28.2. The second-order valence-corrected chi connectivity index (χ2v) is 7.00. The van der Waals surface area contributed by atoms with Gasteiger partial charge in [-0.2, -0.15) is 0 Å². The quantitative estimate of drug-likeness (QED) is 0.778. The van der Waals surface area contributed by atoms with Crippen LogP contribution in [-0.4, -0.2) is 32.8 Å². The van der Waals surface area contributed by atoms with Crippen LogP contribution in [0.5, 0.6) is 0 Å². The van der Waals surface area contributed by atoms with Gasteiger partial charge in [0.15, 0.2) is 5.82 Å². The van der Waals surface area contributed by atoms with Crippen LogP contribution in [-0.2, 0) is 22.0 Å². The number of hydrogen-bond acceptors (Lipinski definition) is 7. The lowest BCUT2D eigenvalue weighted by Gasteiger charge is -2.04. The van der Waals surface area contributed by atoms with Crippen LogP contribution in [0.4, 0.5) is 0 Å². The SMILES string of the molecule is CCCc1nnsc1-c1nnc(S(=O)(=O)Cl)n1CC. The molecule has 7 nitrogen and oxygen atoms in total. The predicted molar refractivity (Wildman–Crippen MR) is 71.6 cm³/mol. The van der Waals surface area contributed by atoms with Gasteiger partial charge in [0.2, 0.25) is 0 Å². The molecule has 0 radical (unpaired) electrons. The van der Waals surface area contributed by atoms with Crippen LogP contribution in [0.1, 0.15) is 26.0 Å². The van der Waals surface area contributed by atoms with E-state index in [4.69, 9.17) is 10.7 Å². The topological polar surface area (TPSA) is 90.6 Å². The van der Waals surface area contributed by atoms with Gasteiger partial charge in [-0.1, -0.05) is 17.8 Å². The van der Waals surface area contributed by atoms with Crippen molar-refractivity contribution in [1.29, 1.82) is 0 Å². The minimum atomic E-state index is -3.92. The van der Waals surface area contributed by atoms with E-state index in [1.165, 1.54) is 16.1 Å². The monoisotopic (exact) mass is 321 g/mol. The first-order valence-corrected chi connectivity index (χ1v) is 8.76. The van der Waals surface area contributed by atoms with Crippen LogP contribution in [0.15, 0.2) is 5.16 Å². The Labute approximate surface area is 119 Å². The van der Waals surface area contributed by atoms with Crippen molar-refractivity contribution in [2.75, 3.05) is 0 Å². The lowest BCUT2D eigenvalue weighted by atomic mass is 10.2. The smallest absolute Gasteiger partial charge is 0.296 e. The fourth-order valence-corrected chi connectivity index (χ4v) is 3.36. The Balaban J connectivity index is 2.57. The molecule has 104 valence electrons. The Morgan fingerprint density at radius 3 is 2.58 bits per heavy atom. The minimum Gasteiger partial charge on any atom is -0.296 e. The number of aromatic nitrogens is 5. The molecule has 2 rings (SSSR count). The fraction of sp³-hybridized carbons (Fsp3) is 0.556. The number of aryl methyl sites for hydroxylation is 1. The highest BCUT2D eigenvalue weighted by Crippen LogP contribution is 2.27. The first-order valence-electron chi connectivity index (χ1n) is 5.68. The zero-order valence-corrected chi connectivity index (χ0v) is 12.8. The van der Waals surface area contributed by atoms with Crippen LogP contribution >= 0.6 is 22.2 Å². The first-order chi connectivity index (χ1) is 8.99. The summed E-state index contributed by atoms with van der Waals surface area (Å²) in [7, 11) is 1.42. The Morgan fingerprint density at radius 1 is 1.26 bits per heavy atom. The molecule has 0 bridgehead atoms. The molecular formula is C9H12ClN5O2S2. The van der Waals surface area contributed by atoms with Gasteiger partial charge in [-0.15, -0.1) is 15.3 Å². The van der Waals surface area contributed by atoms with Crippen molar-refractivity contribution in [2.45, 2.75) is 38.4 Å². The van der Waals surface area contributed by atoms with Crippen LogP contribution in [0.2, 0.25) is 0 Å². The molecule has 0 aromatic carbocycles. The zero-order valence-electron chi connectivity index (χ0n) is 10.4. The maximum atomic E-state index is 11.4. The van der Waals surface area contributed by atoms with Crippen LogP contribution < -0.4 is 0 Å². The molecule has 0 spiro atoms. The Kier molecular flexibility index (Phi) is 4.16. The molecule has 10 heteroatoms. The predicted octanol–water partition coefficient (Wildman–Crippen LogP) is 1.70. The second-order valence-electron chi connectivity index (χ2n) is 3.79. The fourth-order valence-electron chi connectivity index (χ4n) is 1.70. The van der Waals surface area contributed by atoms with Crippen molar-refractivity contribution < 1.29 is 8.42 Å². The average molecular weight is 322 g/mol. The number of rotatable bonds is 5. The maximum absolute atomic E-state index is 11.4. The number of halogens is 1. The third-order valence-electron chi connectivity index (χ3n) is 2.50. The van der Waals surface area contributed by atoms with Crippen molar-refractivity contribution in [1.82, 2.24) is 24.4 Å². The average Bonchev–Trinajstić information content (AvgIpc) is 2.93. The van der Waals surface area contributed by atoms with Crippen LogP contribution in [0.3, 0.4) is 0 Å². The molecule has 0 aliphatic rings. The summed E-state index contributed by atoms with van der Waals surface area (Å²) >= 11 is 1.17. The lowest BCUT2D eigenvalue weighted by molar-refractivity contribution is 0.583. The van der Waals surface area contributed by atoms with E-state index in [1.54, 1.807) is 6.92 Å². The molecule has 2 aromatic heterocycles. The van der Waals surface area contributed by atoms with Gasteiger partial charge in [-0.3, -0.25) is 4.57 Å².